The maximum absolute atomic E-state index is 11.8. The van der Waals surface area contributed by atoms with Crippen LogP contribution in [0.25, 0.3) is 0 Å². The Morgan fingerprint density at radius 2 is 1.41 bits per heavy atom. The van der Waals surface area contributed by atoms with Crippen LogP contribution in [0.3, 0.4) is 0 Å². The van der Waals surface area contributed by atoms with Crippen molar-refractivity contribution < 1.29 is 14.1 Å². The first-order valence-electron chi connectivity index (χ1n) is 14.5. The van der Waals surface area contributed by atoms with Crippen LogP contribution in [0.5, 0.6) is 0 Å². The molecule has 1 heterocycles. The second kappa shape index (κ2) is 10.3. The summed E-state index contributed by atoms with van der Waals surface area (Å²) in [5.74, 6) is 0. The molecule has 0 radical (unpaired) electrons. The quantitative estimate of drug-likeness (QED) is 0.265. The molecule has 0 bridgehead atoms. The van der Waals surface area contributed by atoms with Gasteiger partial charge in [0.1, 0.15) is 6.29 Å². The molecule has 1 aliphatic carbocycles. The Bertz CT molecular complexity index is 1110. The molecule has 1 saturated heterocycles. The fourth-order valence-corrected chi connectivity index (χ4v) is 6.60. The number of aryl methyl sites for hydroxylation is 3. The number of aldehydes is 1. The number of carbonyl (C=O) groups excluding carboxylic acids is 1. The van der Waals surface area contributed by atoms with Crippen molar-refractivity contribution in [2.45, 2.75) is 123 Å². The SMILES string of the molecule is CCC(CC)(c1ccc(CCC2(C=O)CCCC2)c(C)c1)c1ccc(B2OC(C)(C)C(C)(C)O2)c(C)c1. The first-order chi connectivity index (χ1) is 17.4. The molecular weight excluding hydrogens is 455 g/mol. The van der Waals surface area contributed by atoms with Crippen LogP contribution in [0.15, 0.2) is 36.4 Å². The average molecular weight is 503 g/mol. The van der Waals surface area contributed by atoms with Gasteiger partial charge >= 0.3 is 7.12 Å². The van der Waals surface area contributed by atoms with Crippen molar-refractivity contribution in [1.82, 2.24) is 0 Å². The molecule has 0 spiro atoms. The molecule has 2 aromatic carbocycles. The van der Waals surface area contributed by atoms with Gasteiger partial charge in [-0.3, -0.25) is 0 Å². The Morgan fingerprint density at radius 1 is 0.865 bits per heavy atom. The predicted octanol–water partition coefficient (Wildman–Crippen LogP) is 7.40. The summed E-state index contributed by atoms with van der Waals surface area (Å²) in [6.45, 7) is 17.5. The van der Waals surface area contributed by atoms with Gasteiger partial charge in [0.15, 0.2) is 0 Å². The molecule has 0 N–H and O–H groups in total. The molecule has 200 valence electrons. The van der Waals surface area contributed by atoms with Gasteiger partial charge in [0.25, 0.3) is 0 Å². The third-order valence-corrected chi connectivity index (χ3v) is 10.2. The Morgan fingerprint density at radius 3 is 1.89 bits per heavy atom. The zero-order chi connectivity index (χ0) is 27.1. The first-order valence-corrected chi connectivity index (χ1v) is 14.5. The van der Waals surface area contributed by atoms with Gasteiger partial charge in [-0.1, -0.05) is 68.7 Å². The van der Waals surface area contributed by atoms with Crippen molar-refractivity contribution in [3.8, 4) is 0 Å². The van der Waals surface area contributed by atoms with Gasteiger partial charge in [-0.25, -0.2) is 0 Å². The zero-order valence-electron chi connectivity index (χ0n) is 24.5. The maximum atomic E-state index is 11.8. The van der Waals surface area contributed by atoms with Crippen LogP contribution in [0.2, 0.25) is 0 Å². The highest BCUT2D eigenvalue weighted by atomic mass is 16.7. The second-order valence-electron chi connectivity index (χ2n) is 12.8. The van der Waals surface area contributed by atoms with Gasteiger partial charge in [0.05, 0.1) is 11.2 Å². The predicted molar refractivity (Wildman–Crippen MR) is 155 cm³/mol. The molecule has 2 fully saturated rings. The van der Waals surface area contributed by atoms with E-state index >= 15 is 0 Å². The van der Waals surface area contributed by atoms with Gasteiger partial charge in [0, 0.05) is 10.8 Å². The van der Waals surface area contributed by atoms with Crippen LogP contribution in [-0.4, -0.2) is 24.6 Å². The summed E-state index contributed by atoms with van der Waals surface area (Å²) < 4.78 is 12.7. The molecule has 0 amide bonds. The number of benzene rings is 2. The monoisotopic (exact) mass is 502 g/mol. The van der Waals surface area contributed by atoms with Gasteiger partial charge in [0.2, 0.25) is 0 Å². The van der Waals surface area contributed by atoms with Gasteiger partial charge in [-0.05, 0) is 108 Å². The summed E-state index contributed by atoms with van der Waals surface area (Å²) in [5, 5.41) is 0. The minimum atomic E-state index is -0.345. The van der Waals surface area contributed by atoms with Crippen LogP contribution >= 0.6 is 0 Å². The minimum absolute atomic E-state index is 0.0437. The highest BCUT2D eigenvalue weighted by molar-refractivity contribution is 6.62. The summed E-state index contributed by atoms with van der Waals surface area (Å²) in [7, 11) is -0.340. The van der Waals surface area contributed by atoms with Gasteiger partial charge in [-0.2, -0.15) is 0 Å². The fraction of sp³-hybridized carbons (Fsp3) is 0.606. The molecule has 1 saturated carbocycles. The molecular formula is C33H47BO3. The van der Waals surface area contributed by atoms with E-state index in [9.17, 15) is 4.79 Å². The Balaban J connectivity index is 1.60. The van der Waals surface area contributed by atoms with Crippen molar-refractivity contribution >= 4 is 18.9 Å². The van der Waals surface area contributed by atoms with Crippen molar-refractivity contribution in [2.24, 2.45) is 5.41 Å². The normalized spacial score (nSPS) is 20.4. The number of rotatable bonds is 9. The number of hydrogen-bond acceptors (Lipinski definition) is 3. The Hall–Kier alpha value is -1.91. The molecule has 37 heavy (non-hydrogen) atoms. The Labute approximate surface area is 225 Å². The van der Waals surface area contributed by atoms with Gasteiger partial charge < -0.3 is 14.1 Å². The maximum Gasteiger partial charge on any atom is 0.495 e. The lowest BCUT2D eigenvalue weighted by atomic mass is 9.67. The van der Waals surface area contributed by atoms with E-state index in [4.69, 9.17) is 9.31 Å². The van der Waals surface area contributed by atoms with E-state index in [0.717, 1.165) is 44.0 Å². The summed E-state index contributed by atoms with van der Waals surface area (Å²) >= 11 is 0. The molecule has 4 rings (SSSR count). The van der Waals surface area contributed by atoms with E-state index in [1.807, 2.05) is 0 Å². The standard InChI is InChI=1S/C33H47BO3/c1-9-33(10-2,27-14-13-26(24(3)21-27)17-20-32(23-35)18-11-12-19-32)28-15-16-29(25(4)22-28)34-36-30(5,6)31(7,8)37-34/h13-16,21-23H,9-12,17-20H2,1-8H3. The van der Waals surface area contributed by atoms with Crippen molar-refractivity contribution in [3.63, 3.8) is 0 Å². The highest BCUT2D eigenvalue weighted by Gasteiger charge is 2.52. The number of carbonyl (C=O) groups is 1. The van der Waals surface area contributed by atoms with Crippen LogP contribution < -0.4 is 5.46 Å². The zero-order valence-corrected chi connectivity index (χ0v) is 24.5. The third kappa shape index (κ3) is 5.09. The molecule has 0 aromatic heterocycles. The first kappa shape index (κ1) is 28.1. The van der Waals surface area contributed by atoms with Crippen LogP contribution in [0, 0.1) is 19.3 Å². The molecule has 2 aliphatic rings. The summed E-state index contributed by atoms with van der Waals surface area (Å²) in [6.07, 6.45) is 9.78. The van der Waals surface area contributed by atoms with E-state index in [1.165, 1.54) is 46.9 Å². The van der Waals surface area contributed by atoms with Crippen molar-refractivity contribution in [3.05, 3.63) is 64.2 Å². The Kier molecular flexibility index (Phi) is 7.86. The summed E-state index contributed by atoms with van der Waals surface area (Å²) in [4.78, 5) is 11.8. The smallest absolute Gasteiger partial charge is 0.399 e. The largest absolute Gasteiger partial charge is 0.495 e. The average Bonchev–Trinajstić information content (AvgIpc) is 3.41. The lowest BCUT2D eigenvalue weighted by Gasteiger charge is -2.34. The van der Waals surface area contributed by atoms with E-state index in [0.29, 0.717) is 0 Å². The van der Waals surface area contributed by atoms with Crippen LogP contribution in [-0.2, 0) is 25.9 Å². The second-order valence-corrected chi connectivity index (χ2v) is 12.8. The fourth-order valence-electron chi connectivity index (χ4n) is 6.60. The summed E-state index contributed by atoms with van der Waals surface area (Å²) in [6, 6.07) is 13.9. The van der Waals surface area contributed by atoms with E-state index < -0.39 is 0 Å². The lowest BCUT2D eigenvalue weighted by molar-refractivity contribution is -0.116. The minimum Gasteiger partial charge on any atom is -0.399 e. The van der Waals surface area contributed by atoms with Crippen molar-refractivity contribution in [2.75, 3.05) is 0 Å². The topological polar surface area (TPSA) is 35.5 Å². The molecule has 0 atom stereocenters. The molecule has 0 unspecified atom stereocenters. The molecule has 2 aromatic rings. The molecule has 4 heteroatoms. The van der Waals surface area contributed by atoms with E-state index in [2.05, 4.69) is 91.8 Å². The van der Waals surface area contributed by atoms with Crippen LogP contribution in [0.4, 0.5) is 0 Å². The van der Waals surface area contributed by atoms with Crippen molar-refractivity contribution in [1.29, 1.82) is 0 Å². The van der Waals surface area contributed by atoms with Crippen LogP contribution in [0.1, 0.15) is 114 Å². The van der Waals surface area contributed by atoms with E-state index in [1.54, 1.807) is 0 Å². The third-order valence-electron chi connectivity index (χ3n) is 10.2. The lowest BCUT2D eigenvalue weighted by Crippen LogP contribution is -2.41. The molecule has 3 nitrogen and oxygen atoms in total. The summed E-state index contributed by atoms with van der Waals surface area (Å²) in [5.41, 5.74) is 6.97. The van der Waals surface area contributed by atoms with Gasteiger partial charge in [-0.15, -0.1) is 0 Å². The van der Waals surface area contributed by atoms with E-state index in [-0.39, 0.29) is 29.2 Å². The number of hydrogen-bond donors (Lipinski definition) is 0. The molecule has 1 aliphatic heterocycles. The highest BCUT2D eigenvalue weighted by Crippen LogP contribution is 2.42.